The van der Waals surface area contributed by atoms with E-state index in [0.717, 1.165) is 11.1 Å². The van der Waals surface area contributed by atoms with E-state index in [9.17, 15) is 9.50 Å². The second kappa shape index (κ2) is 12.8. The summed E-state index contributed by atoms with van der Waals surface area (Å²) in [4.78, 5) is 0. The average Bonchev–Trinajstić information content (AvgIpc) is 2.82. The minimum absolute atomic E-state index is 0.164. The second-order valence-corrected chi connectivity index (χ2v) is 7.57. The Balaban J connectivity index is 1.47. The van der Waals surface area contributed by atoms with Crippen LogP contribution < -0.4 is 20.1 Å². The number of aliphatic hydroxyl groups excluding tert-OH is 1. The third-order valence-electron chi connectivity index (χ3n) is 5.10. The molecule has 0 aliphatic carbocycles. The van der Waals surface area contributed by atoms with Crippen molar-refractivity contribution < 1.29 is 19.0 Å². The third-order valence-corrected chi connectivity index (χ3v) is 5.10. The minimum Gasteiger partial charge on any atom is -0.497 e. The fourth-order valence-electron chi connectivity index (χ4n) is 3.31. The van der Waals surface area contributed by atoms with E-state index in [1.54, 1.807) is 19.2 Å². The fourth-order valence-corrected chi connectivity index (χ4v) is 3.31. The van der Waals surface area contributed by atoms with Crippen LogP contribution in [0.4, 0.5) is 4.39 Å². The molecule has 1 atom stereocenters. The molecule has 0 radical (unpaired) electrons. The highest BCUT2D eigenvalue weighted by molar-refractivity contribution is 5.40. The Hall–Kier alpha value is -2.93. The van der Waals surface area contributed by atoms with Crippen LogP contribution in [0.25, 0.3) is 0 Å². The highest BCUT2D eigenvalue weighted by atomic mass is 19.1. The predicted octanol–water partition coefficient (Wildman–Crippen LogP) is 3.70. The van der Waals surface area contributed by atoms with E-state index in [0.29, 0.717) is 49.7 Å². The van der Waals surface area contributed by atoms with Crippen molar-refractivity contribution in [1.29, 1.82) is 0 Å². The van der Waals surface area contributed by atoms with Crippen molar-refractivity contribution in [3.63, 3.8) is 0 Å². The molecule has 6 heteroatoms. The van der Waals surface area contributed by atoms with Crippen LogP contribution in [0.3, 0.4) is 0 Å². The maximum absolute atomic E-state index is 13.8. The first-order chi connectivity index (χ1) is 15.7. The van der Waals surface area contributed by atoms with Crippen LogP contribution in [0.15, 0.2) is 72.8 Å². The Labute approximate surface area is 189 Å². The molecule has 32 heavy (non-hydrogen) atoms. The molecule has 3 aromatic rings. The number of aliphatic hydroxyl groups is 1. The van der Waals surface area contributed by atoms with Crippen molar-refractivity contribution in [1.82, 2.24) is 10.6 Å². The summed E-state index contributed by atoms with van der Waals surface area (Å²) in [5.74, 6) is 1.16. The fraction of sp³-hybridized carbons (Fsp3) is 0.308. The zero-order valence-electron chi connectivity index (χ0n) is 18.4. The van der Waals surface area contributed by atoms with E-state index < -0.39 is 6.10 Å². The monoisotopic (exact) mass is 438 g/mol. The largest absolute Gasteiger partial charge is 0.497 e. The lowest BCUT2D eigenvalue weighted by Gasteiger charge is -2.17. The van der Waals surface area contributed by atoms with Crippen LogP contribution >= 0.6 is 0 Å². The molecule has 0 aliphatic rings. The molecule has 0 amide bonds. The summed E-state index contributed by atoms with van der Waals surface area (Å²) in [5.41, 5.74) is 2.80. The number of ether oxygens (including phenoxy) is 2. The number of methoxy groups -OCH3 is 1. The van der Waals surface area contributed by atoms with E-state index in [1.807, 2.05) is 54.6 Å². The van der Waals surface area contributed by atoms with Crippen molar-refractivity contribution in [2.75, 3.05) is 26.8 Å². The summed E-state index contributed by atoms with van der Waals surface area (Å²) in [6.45, 7) is 2.48. The van der Waals surface area contributed by atoms with Gasteiger partial charge in [-0.15, -0.1) is 0 Å². The first-order valence-corrected chi connectivity index (χ1v) is 10.8. The molecule has 5 nitrogen and oxygen atoms in total. The topological polar surface area (TPSA) is 62.8 Å². The summed E-state index contributed by atoms with van der Waals surface area (Å²) in [6, 6.07) is 22.5. The highest BCUT2D eigenvalue weighted by Gasteiger charge is 2.10. The SMILES string of the molecule is COc1ccc(CNCCc2ccccc2F)c(OC[C@H](O)CNCc2ccccc2)c1. The zero-order chi connectivity index (χ0) is 22.6. The lowest BCUT2D eigenvalue weighted by molar-refractivity contribution is 0.105. The van der Waals surface area contributed by atoms with Gasteiger partial charge in [0, 0.05) is 31.3 Å². The molecular formula is C26H31FN2O3. The Bertz CT molecular complexity index is 953. The molecule has 0 saturated carbocycles. The van der Waals surface area contributed by atoms with E-state index in [4.69, 9.17) is 9.47 Å². The number of rotatable bonds is 13. The van der Waals surface area contributed by atoms with E-state index in [1.165, 1.54) is 6.07 Å². The Morgan fingerprint density at radius 1 is 0.906 bits per heavy atom. The van der Waals surface area contributed by atoms with Crippen LogP contribution in [-0.4, -0.2) is 38.0 Å². The summed E-state index contributed by atoms with van der Waals surface area (Å²) in [6.07, 6.45) is -0.0445. The highest BCUT2D eigenvalue weighted by Crippen LogP contribution is 2.25. The number of halogens is 1. The van der Waals surface area contributed by atoms with Crippen molar-refractivity contribution >= 4 is 0 Å². The van der Waals surface area contributed by atoms with Crippen molar-refractivity contribution in [2.45, 2.75) is 25.6 Å². The standard InChI is InChI=1S/C26H31FN2O3/c1-31-24-12-11-22(17-28-14-13-21-9-5-6-10-25(21)27)26(15-24)32-19-23(30)18-29-16-20-7-3-2-4-8-20/h2-12,15,23,28-30H,13-14,16-19H2,1H3/t23-/m1/s1. The molecule has 0 spiro atoms. The van der Waals surface area contributed by atoms with Crippen LogP contribution in [0.2, 0.25) is 0 Å². The number of hydrogen-bond acceptors (Lipinski definition) is 5. The van der Waals surface area contributed by atoms with Crippen LogP contribution in [0.1, 0.15) is 16.7 Å². The van der Waals surface area contributed by atoms with E-state index >= 15 is 0 Å². The molecule has 0 unspecified atom stereocenters. The summed E-state index contributed by atoms with van der Waals surface area (Å²) in [7, 11) is 1.60. The summed E-state index contributed by atoms with van der Waals surface area (Å²) < 4.78 is 25.0. The first kappa shape index (κ1) is 23.7. The zero-order valence-corrected chi connectivity index (χ0v) is 18.4. The minimum atomic E-state index is -0.647. The van der Waals surface area contributed by atoms with Gasteiger partial charge in [0.1, 0.15) is 30.0 Å². The second-order valence-electron chi connectivity index (χ2n) is 7.57. The van der Waals surface area contributed by atoms with E-state index in [2.05, 4.69) is 10.6 Å². The number of nitrogens with one attached hydrogen (secondary N) is 2. The van der Waals surface area contributed by atoms with Crippen LogP contribution in [0.5, 0.6) is 11.5 Å². The quantitative estimate of drug-likeness (QED) is 0.355. The predicted molar refractivity (Wildman–Crippen MR) is 124 cm³/mol. The van der Waals surface area contributed by atoms with Gasteiger partial charge >= 0.3 is 0 Å². The molecule has 3 rings (SSSR count). The molecule has 170 valence electrons. The maximum Gasteiger partial charge on any atom is 0.127 e. The number of benzene rings is 3. The van der Waals surface area contributed by atoms with Crippen molar-refractivity contribution in [3.05, 3.63) is 95.3 Å². The summed E-state index contributed by atoms with van der Waals surface area (Å²) in [5, 5.41) is 16.9. The average molecular weight is 439 g/mol. The van der Waals surface area contributed by atoms with Gasteiger partial charge in [0.15, 0.2) is 0 Å². The van der Waals surface area contributed by atoms with Crippen LogP contribution in [-0.2, 0) is 19.5 Å². The Morgan fingerprint density at radius 2 is 1.69 bits per heavy atom. The number of hydrogen-bond donors (Lipinski definition) is 3. The first-order valence-electron chi connectivity index (χ1n) is 10.8. The third kappa shape index (κ3) is 7.64. The van der Waals surface area contributed by atoms with Gasteiger partial charge in [0.2, 0.25) is 0 Å². The van der Waals surface area contributed by atoms with Gasteiger partial charge in [0.25, 0.3) is 0 Å². The molecular weight excluding hydrogens is 407 g/mol. The smallest absolute Gasteiger partial charge is 0.127 e. The van der Waals surface area contributed by atoms with Gasteiger partial charge in [0.05, 0.1) is 7.11 Å². The molecule has 0 bridgehead atoms. The van der Waals surface area contributed by atoms with Gasteiger partial charge in [-0.25, -0.2) is 4.39 Å². The van der Waals surface area contributed by atoms with Crippen molar-refractivity contribution in [3.8, 4) is 11.5 Å². The van der Waals surface area contributed by atoms with Gasteiger partial charge in [-0.1, -0.05) is 54.6 Å². The Morgan fingerprint density at radius 3 is 2.47 bits per heavy atom. The molecule has 3 aromatic carbocycles. The van der Waals surface area contributed by atoms with Crippen LogP contribution in [0, 0.1) is 5.82 Å². The van der Waals surface area contributed by atoms with Gasteiger partial charge < -0.3 is 25.2 Å². The molecule has 0 fully saturated rings. The molecule has 0 saturated heterocycles. The lowest BCUT2D eigenvalue weighted by Crippen LogP contribution is -2.31. The molecule has 0 aromatic heterocycles. The van der Waals surface area contributed by atoms with E-state index in [-0.39, 0.29) is 12.4 Å². The maximum atomic E-state index is 13.8. The summed E-state index contributed by atoms with van der Waals surface area (Å²) >= 11 is 0. The Kier molecular flexibility index (Phi) is 9.50. The molecule has 0 aliphatic heterocycles. The normalized spacial score (nSPS) is 11.8. The van der Waals surface area contributed by atoms with Gasteiger partial charge in [-0.05, 0) is 36.2 Å². The lowest BCUT2D eigenvalue weighted by atomic mass is 10.1. The van der Waals surface area contributed by atoms with Gasteiger partial charge in [-0.3, -0.25) is 0 Å². The molecule has 0 heterocycles. The van der Waals surface area contributed by atoms with Crippen molar-refractivity contribution in [2.24, 2.45) is 0 Å². The molecule has 3 N–H and O–H groups in total. The van der Waals surface area contributed by atoms with Gasteiger partial charge in [-0.2, -0.15) is 0 Å².